The lowest BCUT2D eigenvalue weighted by Crippen LogP contribution is -2.32. The van der Waals surface area contributed by atoms with E-state index in [1.54, 1.807) is 24.3 Å². The number of benzene rings is 2. The number of nitrogens with two attached hydrogens (primary N) is 1. The molecule has 2 aromatic rings. The zero-order valence-corrected chi connectivity index (χ0v) is 16.8. The number of nitrogens with one attached hydrogen (secondary N) is 3. The number of urea groups is 1. The summed E-state index contributed by atoms with van der Waals surface area (Å²) in [7, 11) is 0. The van der Waals surface area contributed by atoms with Gasteiger partial charge in [-0.25, -0.2) is 4.79 Å². The Kier molecular flexibility index (Phi) is 7.26. The molecule has 3 rings (SSSR count). The number of hydrogen-bond donors (Lipinski definition) is 4. The van der Waals surface area contributed by atoms with Crippen molar-refractivity contribution in [2.75, 3.05) is 35.2 Å². The molecule has 5 N–H and O–H groups in total. The molecule has 0 radical (unpaired) electrons. The number of nitrogens with zero attached hydrogens (tertiary/aromatic N) is 1. The van der Waals surface area contributed by atoms with Gasteiger partial charge in [-0.15, -0.1) is 0 Å². The van der Waals surface area contributed by atoms with Gasteiger partial charge < -0.3 is 26.6 Å². The average molecular weight is 409 g/mol. The number of piperidine rings is 1. The van der Waals surface area contributed by atoms with Crippen molar-refractivity contribution < 1.29 is 14.4 Å². The molecule has 2 aromatic carbocycles. The van der Waals surface area contributed by atoms with Gasteiger partial charge in [0, 0.05) is 37.3 Å². The van der Waals surface area contributed by atoms with E-state index in [-0.39, 0.29) is 24.9 Å². The van der Waals surface area contributed by atoms with Crippen LogP contribution in [0.25, 0.3) is 0 Å². The van der Waals surface area contributed by atoms with E-state index in [0.717, 1.165) is 31.6 Å². The monoisotopic (exact) mass is 409 g/mol. The van der Waals surface area contributed by atoms with Crippen molar-refractivity contribution in [3.8, 4) is 0 Å². The van der Waals surface area contributed by atoms with Gasteiger partial charge in [0.2, 0.25) is 11.8 Å². The second-order valence-electron chi connectivity index (χ2n) is 7.19. The molecular formula is C22H27N5O3. The summed E-state index contributed by atoms with van der Waals surface area (Å²) >= 11 is 0. The lowest BCUT2D eigenvalue weighted by atomic mass is 10.1. The summed E-state index contributed by atoms with van der Waals surface area (Å²) in [5, 5.41) is 8.22. The zero-order chi connectivity index (χ0) is 21.3. The number of amides is 4. The van der Waals surface area contributed by atoms with Crippen LogP contribution in [0.5, 0.6) is 0 Å². The molecule has 0 unspecified atom stereocenters. The first-order valence-electron chi connectivity index (χ1n) is 10.1. The third-order valence-electron chi connectivity index (χ3n) is 4.92. The molecule has 158 valence electrons. The van der Waals surface area contributed by atoms with Crippen LogP contribution in [-0.4, -0.2) is 37.5 Å². The van der Waals surface area contributed by atoms with Crippen LogP contribution in [0.3, 0.4) is 0 Å². The second kappa shape index (κ2) is 10.3. The van der Waals surface area contributed by atoms with Crippen LogP contribution in [0, 0.1) is 0 Å². The van der Waals surface area contributed by atoms with Gasteiger partial charge in [0.25, 0.3) is 0 Å². The third kappa shape index (κ3) is 5.97. The number of para-hydroxylation sites is 1. The van der Waals surface area contributed by atoms with Gasteiger partial charge in [0.1, 0.15) is 0 Å². The number of carbonyl (C=O) groups excluding carboxylic acids is 3. The van der Waals surface area contributed by atoms with Crippen LogP contribution in [0.1, 0.15) is 36.0 Å². The first kappa shape index (κ1) is 21.2. The molecule has 1 heterocycles. The van der Waals surface area contributed by atoms with Crippen molar-refractivity contribution in [2.45, 2.75) is 25.7 Å². The fraction of sp³-hybridized carbons (Fsp3) is 0.318. The third-order valence-corrected chi connectivity index (χ3v) is 4.92. The van der Waals surface area contributed by atoms with Gasteiger partial charge >= 0.3 is 6.03 Å². The Morgan fingerprint density at radius 2 is 1.67 bits per heavy atom. The number of rotatable bonds is 7. The fourth-order valence-corrected chi connectivity index (χ4v) is 3.40. The Morgan fingerprint density at radius 3 is 2.37 bits per heavy atom. The highest BCUT2D eigenvalue weighted by atomic mass is 16.2. The van der Waals surface area contributed by atoms with E-state index in [1.807, 2.05) is 24.3 Å². The van der Waals surface area contributed by atoms with Gasteiger partial charge in [0.05, 0.1) is 11.4 Å². The van der Waals surface area contributed by atoms with Crippen molar-refractivity contribution in [3.05, 3.63) is 54.1 Å². The SMILES string of the molecule is NC(=O)c1ccc(N2CCCCC2)c(NC(=O)CCNC(=O)Nc2ccccc2)c1. The Labute approximate surface area is 175 Å². The quantitative estimate of drug-likeness (QED) is 0.562. The van der Waals surface area contributed by atoms with Gasteiger partial charge in [0.15, 0.2) is 0 Å². The maximum absolute atomic E-state index is 12.5. The largest absolute Gasteiger partial charge is 0.370 e. The molecule has 0 aromatic heterocycles. The molecule has 4 amide bonds. The van der Waals surface area contributed by atoms with Crippen LogP contribution >= 0.6 is 0 Å². The van der Waals surface area contributed by atoms with E-state index >= 15 is 0 Å². The molecule has 0 spiro atoms. The number of carbonyl (C=O) groups is 3. The Morgan fingerprint density at radius 1 is 0.933 bits per heavy atom. The smallest absolute Gasteiger partial charge is 0.319 e. The lowest BCUT2D eigenvalue weighted by molar-refractivity contribution is -0.116. The van der Waals surface area contributed by atoms with Crippen molar-refractivity contribution in [1.82, 2.24) is 5.32 Å². The summed E-state index contributed by atoms with van der Waals surface area (Å²) in [6.45, 7) is 1.99. The van der Waals surface area contributed by atoms with Crippen molar-refractivity contribution in [2.24, 2.45) is 5.73 Å². The maximum Gasteiger partial charge on any atom is 0.319 e. The highest BCUT2D eigenvalue weighted by molar-refractivity contribution is 5.99. The van der Waals surface area contributed by atoms with E-state index in [2.05, 4.69) is 20.9 Å². The van der Waals surface area contributed by atoms with E-state index in [1.165, 1.54) is 6.42 Å². The van der Waals surface area contributed by atoms with Crippen molar-refractivity contribution >= 4 is 34.9 Å². The Bertz CT molecular complexity index is 895. The second-order valence-corrected chi connectivity index (χ2v) is 7.19. The first-order valence-corrected chi connectivity index (χ1v) is 10.1. The molecule has 0 atom stereocenters. The molecule has 0 saturated carbocycles. The molecule has 1 fully saturated rings. The van der Waals surface area contributed by atoms with Gasteiger partial charge in [-0.1, -0.05) is 18.2 Å². The minimum Gasteiger partial charge on any atom is -0.370 e. The highest BCUT2D eigenvalue weighted by Gasteiger charge is 2.17. The predicted molar refractivity (Wildman–Crippen MR) is 118 cm³/mol. The van der Waals surface area contributed by atoms with Gasteiger partial charge in [-0.05, 0) is 49.6 Å². The van der Waals surface area contributed by atoms with Gasteiger partial charge in [-0.3, -0.25) is 9.59 Å². The summed E-state index contributed by atoms with van der Waals surface area (Å²) in [6.07, 6.45) is 3.47. The van der Waals surface area contributed by atoms with Crippen molar-refractivity contribution in [3.63, 3.8) is 0 Å². The van der Waals surface area contributed by atoms with E-state index < -0.39 is 5.91 Å². The van der Waals surface area contributed by atoms with E-state index in [4.69, 9.17) is 5.73 Å². The zero-order valence-electron chi connectivity index (χ0n) is 16.8. The number of hydrogen-bond acceptors (Lipinski definition) is 4. The molecular weight excluding hydrogens is 382 g/mol. The molecule has 1 saturated heterocycles. The number of anilines is 3. The van der Waals surface area contributed by atoms with Crippen LogP contribution in [0.4, 0.5) is 21.9 Å². The topological polar surface area (TPSA) is 117 Å². The van der Waals surface area contributed by atoms with Gasteiger partial charge in [-0.2, -0.15) is 0 Å². The number of primary amides is 1. The molecule has 30 heavy (non-hydrogen) atoms. The molecule has 8 nitrogen and oxygen atoms in total. The van der Waals surface area contributed by atoms with E-state index in [0.29, 0.717) is 16.9 Å². The molecule has 1 aliphatic heterocycles. The summed E-state index contributed by atoms with van der Waals surface area (Å²) < 4.78 is 0. The summed E-state index contributed by atoms with van der Waals surface area (Å²) in [4.78, 5) is 38.1. The lowest BCUT2D eigenvalue weighted by Gasteiger charge is -2.30. The molecule has 1 aliphatic rings. The first-order chi connectivity index (χ1) is 14.5. The summed E-state index contributed by atoms with van der Waals surface area (Å²) in [6, 6.07) is 13.8. The Hall–Kier alpha value is -3.55. The van der Waals surface area contributed by atoms with Crippen LogP contribution < -0.4 is 26.6 Å². The summed E-state index contributed by atoms with van der Waals surface area (Å²) in [5.41, 5.74) is 7.85. The molecule has 8 heteroatoms. The maximum atomic E-state index is 12.5. The predicted octanol–water partition coefficient (Wildman–Crippen LogP) is 2.93. The van der Waals surface area contributed by atoms with Crippen LogP contribution in [-0.2, 0) is 4.79 Å². The average Bonchev–Trinajstić information content (AvgIpc) is 2.75. The summed E-state index contributed by atoms with van der Waals surface area (Å²) in [5.74, 6) is -0.801. The minimum atomic E-state index is -0.546. The van der Waals surface area contributed by atoms with Crippen LogP contribution in [0.2, 0.25) is 0 Å². The standard InChI is InChI=1S/C22H27N5O3/c23-21(29)16-9-10-19(27-13-5-2-6-14-27)18(15-16)26-20(28)11-12-24-22(30)25-17-7-3-1-4-8-17/h1,3-4,7-10,15H,2,5-6,11-14H2,(H2,23,29)(H,26,28)(H2,24,25,30). The Balaban J connectivity index is 1.57. The van der Waals surface area contributed by atoms with Crippen LogP contribution in [0.15, 0.2) is 48.5 Å². The normalized spacial score (nSPS) is 13.4. The van der Waals surface area contributed by atoms with Crippen molar-refractivity contribution in [1.29, 1.82) is 0 Å². The minimum absolute atomic E-state index is 0.0997. The van der Waals surface area contributed by atoms with E-state index in [9.17, 15) is 14.4 Å². The fourth-order valence-electron chi connectivity index (χ4n) is 3.40. The molecule has 0 bridgehead atoms. The molecule has 0 aliphatic carbocycles. The highest BCUT2D eigenvalue weighted by Crippen LogP contribution is 2.29.